The first-order valence-electron chi connectivity index (χ1n) is 12.1. The molecule has 1 N–H and O–H groups in total. The predicted molar refractivity (Wildman–Crippen MR) is 127 cm³/mol. The molecule has 5 nitrogen and oxygen atoms in total. The molecule has 2 bridgehead atoms. The standard InChI is InChI=1S/C29H27NO4/c31-27(32)29-17-30(15-19-6-2-1-3-7-19)16-26(29)28(20-10-11-24-25(14-20)34-18-33-24)13-12-23(29)21-8-4-5-9-22(21)28/h1-11,14,23,26H,12-13,15-18H2,(H,31,32). The molecule has 2 heterocycles. The summed E-state index contributed by atoms with van der Waals surface area (Å²) in [5, 5.41) is 10.9. The van der Waals surface area contributed by atoms with Crippen LogP contribution in [0.3, 0.4) is 0 Å². The van der Waals surface area contributed by atoms with Crippen LogP contribution in [0.2, 0.25) is 0 Å². The minimum atomic E-state index is -0.808. The fourth-order valence-corrected chi connectivity index (χ4v) is 7.68. The van der Waals surface area contributed by atoms with Crippen LogP contribution in [0.4, 0.5) is 0 Å². The van der Waals surface area contributed by atoms with E-state index in [1.807, 2.05) is 12.1 Å². The Morgan fingerprint density at radius 2 is 1.79 bits per heavy atom. The summed E-state index contributed by atoms with van der Waals surface area (Å²) in [7, 11) is 0. The van der Waals surface area contributed by atoms with Gasteiger partial charge in [-0.25, -0.2) is 0 Å². The Labute approximate surface area is 198 Å². The van der Waals surface area contributed by atoms with Crippen LogP contribution in [0.15, 0.2) is 72.8 Å². The second-order valence-electron chi connectivity index (χ2n) is 10.3. The van der Waals surface area contributed by atoms with Crippen molar-refractivity contribution in [2.45, 2.75) is 30.7 Å². The number of carboxylic acid groups (broad SMARTS) is 1. The number of carboxylic acids is 1. The first-order chi connectivity index (χ1) is 16.6. The summed E-state index contributed by atoms with van der Waals surface area (Å²) in [6, 6.07) is 25.2. The van der Waals surface area contributed by atoms with E-state index in [2.05, 4.69) is 65.6 Å². The number of carbonyl (C=O) groups is 1. The number of benzene rings is 3. The molecule has 2 aliphatic heterocycles. The molecule has 3 aromatic rings. The number of aliphatic carboxylic acids is 1. The molecule has 0 amide bonds. The van der Waals surface area contributed by atoms with Crippen LogP contribution < -0.4 is 9.47 Å². The molecule has 4 unspecified atom stereocenters. The molecular weight excluding hydrogens is 426 g/mol. The summed E-state index contributed by atoms with van der Waals surface area (Å²) in [4.78, 5) is 15.6. The van der Waals surface area contributed by atoms with Gasteiger partial charge < -0.3 is 14.6 Å². The Morgan fingerprint density at radius 1 is 1.00 bits per heavy atom. The zero-order valence-electron chi connectivity index (χ0n) is 18.9. The van der Waals surface area contributed by atoms with Gasteiger partial charge in [0.25, 0.3) is 0 Å². The Bertz CT molecular complexity index is 1290. The fourth-order valence-electron chi connectivity index (χ4n) is 7.68. The molecule has 172 valence electrons. The number of likely N-dealkylation sites (tertiary alicyclic amines) is 1. The zero-order valence-corrected chi connectivity index (χ0v) is 18.9. The van der Waals surface area contributed by atoms with Gasteiger partial charge in [-0.1, -0.05) is 60.7 Å². The van der Waals surface area contributed by atoms with Gasteiger partial charge in [0, 0.05) is 36.9 Å². The SMILES string of the molecule is O=C(O)C12CN(Cc3ccccc3)CC1C1(c3ccc4c(c3)OCO4)CCC2c2ccccc21. The first kappa shape index (κ1) is 20.1. The van der Waals surface area contributed by atoms with Gasteiger partial charge in [0.05, 0.1) is 5.41 Å². The van der Waals surface area contributed by atoms with E-state index in [0.717, 1.165) is 43.0 Å². The summed E-state index contributed by atoms with van der Waals surface area (Å²) < 4.78 is 11.3. The highest BCUT2D eigenvalue weighted by molar-refractivity contribution is 5.80. The largest absolute Gasteiger partial charge is 0.481 e. The minimum absolute atomic E-state index is 0.0183. The quantitative estimate of drug-likeness (QED) is 0.615. The lowest BCUT2D eigenvalue weighted by Crippen LogP contribution is -2.60. The summed E-state index contributed by atoms with van der Waals surface area (Å²) in [6.45, 7) is 2.35. The van der Waals surface area contributed by atoms with E-state index in [0.29, 0.717) is 6.54 Å². The van der Waals surface area contributed by atoms with E-state index >= 15 is 0 Å². The van der Waals surface area contributed by atoms with Crippen molar-refractivity contribution in [3.8, 4) is 11.5 Å². The Hall–Kier alpha value is -3.31. The average Bonchev–Trinajstić information content (AvgIpc) is 3.50. The maximum atomic E-state index is 13.2. The van der Waals surface area contributed by atoms with Crippen molar-refractivity contribution >= 4 is 5.97 Å². The van der Waals surface area contributed by atoms with E-state index in [1.165, 1.54) is 16.7 Å². The average molecular weight is 454 g/mol. The molecule has 5 heteroatoms. The van der Waals surface area contributed by atoms with Crippen LogP contribution in [-0.4, -0.2) is 35.9 Å². The number of fused-ring (bicyclic) bond motifs is 2. The van der Waals surface area contributed by atoms with Gasteiger partial charge in [0.2, 0.25) is 6.79 Å². The third kappa shape index (κ3) is 2.51. The molecule has 1 saturated carbocycles. The summed E-state index contributed by atoms with van der Waals surface area (Å²) in [5.41, 5.74) is 3.72. The van der Waals surface area contributed by atoms with Crippen LogP contribution in [0.25, 0.3) is 0 Å². The molecule has 1 saturated heterocycles. The van der Waals surface area contributed by atoms with Gasteiger partial charge >= 0.3 is 5.97 Å². The maximum Gasteiger partial charge on any atom is 0.311 e. The van der Waals surface area contributed by atoms with Gasteiger partial charge in [0.15, 0.2) is 11.5 Å². The summed E-state index contributed by atoms with van der Waals surface area (Å²) >= 11 is 0. The van der Waals surface area contributed by atoms with Crippen molar-refractivity contribution in [1.82, 2.24) is 4.90 Å². The smallest absolute Gasteiger partial charge is 0.311 e. The van der Waals surface area contributed by atoms with Crippen LogP contribution >= 0.6 is 0 Å². The second kappa shape index (κ2) is 7.09. The van der Waals surface area contributed by atoms with Gasteiger partial charge in [-0.2, -0.15) is 0 Å². The number of hydrogen-bond acceptors (Lipinski definition) is 4. The molecule has 0 spiro atoms. The van der Waals surface area contributed by atoms with Crippen molar-refractivity contribution in [1.29, 1.82) is 0 Å². The van der Waals surface area contributed by atoms with Crippen molar-refractivity contribution in [3.05, 3.63) is 95.1 Å². The highest BCUT2D eigenvalue weighted by Crippen LogP contribution is 2.69. The predicted octanol–water partition coefficient (Wildman–Crippen LogP) is 4.80. The molecule has 0 aromatic heterocycles. The van der Waals surface area contributed by atoms with Crippen LogP contribution in [0.1, 0.15) is 41.0 Å². The fraction of sp³-hybridized carbons (Fsp3) is 0.345. The van der Waals surface area contributed by atoms with Gasteiger partial charge in [-0.05, 0) is 47.2 Å². The topological polar surface area (TPSA) is 59.0 Å². The highest BCUT2D eigenvalue weighted by atomic mass is 16.7. The van der Waals surface area contributed by atoms with Gasteiger partial charge in [0.1, 0.15) is 0 Å². The minimum Gasteiger partial charge on any atom is -0.481 e. The zero-order chi connectivity index (χ0) is 22.9. The second-order valence-corrected chi connectivity index (χ2v) is 10.3. The normalized spacial score (nSPS) is 30.7. The Balaban J connectivity index is 1.42. The third-order valence-corrected chi connectivity index (χ3v) is 8.94. The molecule has 5 aliphatic rings. The van der Waals surface area contributed by atoms with Crippen molar-refractivity contribution in [2.75, 3.05) is 19.9 Å². The molecular formula is C29H27NO4. The summed E-state index contributed by atoms with van der Waals surface area (Å²) in [6.07, 6.45) is 1.83. The van der Waals surface area contributed by atoms with Crippen molar-refractivity contribution < 1.29 is 19.4 Å². The monoisotopic (exact) mass is 453 g/mol. The van der Waals surface area contributed by atoms with E-state index in [1.54, 1.807) is 0 Å². The first-order valence-corrected chi connectivity index (χ1v) is 12.1. The van der Waals surface area contributed by atoms with Crippen molar-refractivity contribution in [3.63, 3.8) is 0 Å². The Morgan fingerprint density at radius 3 is 2.65 bits per heavy atom. The highest BCUT2D eigenvalue weighted by Gasteiger charge is 2.70. The molecule has 2 fully saturated rings. The van der Waals surface area contributed by atoms with Crippen LogP contribution in [-0.2, 0) is 16.8 Å². The van der Waals surface area contributed by atoms with Gasteiger partial charge in [-0.3, -0.25) is 9.69 Å². The lowest BCUT2D eigenvalue weighted by atomic mass is 9.42. The van der Waals surface area contributed by atoms with Crippen molar-refractivity contribution in [2.24, 2.45) is 11.3 Å². The molecule has 8 rings (SSSR count). The van der Waals surface area contributed by atoms with E-state index in [4.69, 9.17) is 9.47 Å². The lowest BCUT2D eigenvalue weighted by molar-refractivity contribution is -0.157. The maximum absolute atomic E-state index is 13.2. The molecule has 0 radical (unpaired) electrons. The third-order valence-electron chi connectivity index (χ3n) is 8.94. The van der Waals surface area contributed by atoms with Crippen LogP contribution in [0, 0.1) is 11.3 Å². The summed E-state index contributed by atoms with van der Waals surface area (Å²) in [5.74, 6) is 0.882. The van der Waals surface area contributed by atoms with Gasteiger partial charge in [-0.15, -0.1) is 0 Å². The van der Waals surface area contributed by atoms with E-state index in [-0.39, 0.29) is 24.0 Å². The number of ether oxygens (including phenoxy) is 2. The van der Waals surface area contributed by atoms with E-state index < -0.39 is 11.4 Å². The number of nitrogens with zero attached hydrogens (tertiary/aromatic N) is 1. The molecule has 3 aliphatic carbocycles. The Kier molecular flexibility index (Phi) is 4.19. The number of rotatable bonds is 4. The molecule has 3 aromatic carbocycles. The van der Waals surface area contributed by atoms with E-state index in [9.17, 15) is 9.90 Å². The molecule has 4 atom stereocenters. The van der Waals surface area contributed by atoms with Crippen LogP contribution in [0.5, 0.6) is 11.5 Å². The molecule has 34 heavy (non-hydrogen) atoms. The number of hydrogen-bond donors (Lipinski definition) is 1. The lowest BCUT2D eigenvalue weighted by Gasteiger charge is -2.59.